The molecular weight excluding hydrogens is 406 g/mol. The van der Waals surface area contributed by atoms with Gasteiger partial charge < -0.3 is 9.80 Å². The first-order valence-corrected chi connectivity index (χ1v) is 11.9. The molecule has 0 spiro atoms. The minimum Gasteiger partial charge on any atom is -0.374 e. The molecule has 4 rings (SSSR count). The van der Waals surface area contributed by atoms with E-state index in [4.69, 9.17) is 0 Å². The van der Waals surface area contributed by atoms with Gasteiger partial charge in [-0.25, -0.2) is 8.78 Å². The first kappa shape index (κ1) is 22.5. The Balaban J connectivity index is 1.72. The standard InChI is InChI=1S/C27H32F2N2O/c28-23-11-7-21(8-12-23)27(22-9-13-24(29)14-10-22)25(30-17-3-1-4-18-30)15-16-26(32)31-19-5-2-6-20-31/h7-14H,1-6,15-20H2. The Morgan fingerprint density at radius 2 is 1.06 bits per heavy atom. The molecule has 2 aliphatic rings. The van der Waals surface area contributed by atoms with Gasteiger partial charge in [-0.05, 0) is 80.3 Å². The molecule has 170 valence electrons. The van der Waals surface area contributed by atoms with E-state index in [1.54, 1.807) is 24.3 Å². The second-order valence-electron chi connectivity index (χ2n) is 8.82. The summed E-state index contributed by atoms with van der Waals surface area (Å²) in [6.07, 6.45) is 7.87. The lowest BCUT2D eigenvalue weighted by Gasteiger charge is -2.34. The quantitative estimate of drug-likeness (QED) is 0.552. The van der Waals surface area contributed by atoms with Gasteiger partial charge in [-0.2, -0.15) is 0 Å². The van der Waals surface area contributed by atoms with Gasteiger partial charge in [0.05, 0.1) is 0 Å². The molecule has 0 unspecified atom stereocenters. The number of allylic oxidation sites excluding steroid dienone is 1. The molecule has 2 heterocycles. The molecule has 0 atom stereocenters. The summed E-state index contributed by atoms with van der Waals surface area (Å²) in [6, 6.07) is 13.0. The van der Waals surface area contributed by atoms with Gasteiger partial charge in [0.1, 0.15) is 11.6 Å². The van der Waals surface area contributed by atoms with Crippen LogP contribution in [0.1, 0.15) is 62.5 Å². The Hall–Kier alpha value is -2.69. The van der Waals surface area contributed by atoms with Crippen LogP contribution in [0.2, 0.25) is 0 Å². The van der Waals surface area contributed by atoms with E-state index in [-0.39, 0.29) is 17.5 Å². The lowest BCUT2D eigenvalue weighted by molar-refractivity contribution is -0.132. The van der Waals surface area contributed by atoms with E-state index in [0.717, 1.165) is 74.3 Å². The number of rotatable bonds is 6. The van der Waals surface area contributed by atoms with Crippen molar-refractivity contribution >= 4 is 11.5 Å². The third kappa shape index (κ3) is 5.56. The smallest absolute Gasteiger partial charge is 0.222 e. The minimum atomic E-state index is -0.285. The second-order valence-corrected chi connectivity index (χ2v) is 8.82. The van der Waals surface area contributed by atoms with Crippen molar-refractivity contribution in [3.8, 4) is 0 Å². The van der Waals surface area contributed by atoms with Crippen molar-refractivity contribution in [1.29, 1.82) is 0 Å². The number of carbonyl (C=O) groups is 1. The van der Waals surface area contributed by atoms with Crippen molar-refractivity contribution in [2.24, 2.45) is 0 Å². The van der Waals surface area contributed by atoms with Gasteiger partial charge in [-0.15, -0.1) is 0 Å². The molecule has 1 amide bonds. The summed E-state index contributed by atoms with van der Waals surface area (Å²) in [5, 5.41) is 0. The van der Waals surface area contributed by atoms with Crippen LogP contribution in [-0.4, -0.2) is 41.9 Å². The van der Waals surface area contributed by atoms with Crippen molar-refractivity contribution in [3.05, 3.63) is 77.0 Å². The molecule has 2 aliphatic heterocycles. The first-order valence-electron chi connectivity index (χ1n) is 11.9. The average molecular weight is 439 g/mol. The highest BCUT2D eigenvalue weighted by molar-refractivity contribution is 5.83. The number of likely N-dealkylation sites (tertiary alicyclic amines) is 2. The molecule has 32 heavy (non-hydrogen) atoms. The van der Waals surface area contributed by atoms with Crippen LogP contribution in [0.15, 0.2) is 54.2 Å². The largest absolute Gasteiger partial charge is 0.374 e. The molecule has 0 aliphatic carbocycles. The van der Waals surface area contributed by atoms with Crippen LogP contribution in [0.4, 0.5) is 8.78 Å². The third-order valence-electron chi connectivity index (χ3n) is 6.58. The van der Waals surface area contributed by atoms with E-state index >= 15 is 0 Å². The zero-order valence-electron chi connectivity index (χ0n) is 18.7. The summed E-state index contributed by atoms with van der Waals surface area (Å²) in [6.45, 7) is 3.59. The molecule has 3 nitrogen and oxygen atoms in total. The molecule has 2 aromatic rings. The van der Waals surface area contributed by atoms with Gasteiger partial charge in [0.2, 0.25) is 5.91 Å². The van der Waals surface area contributed by atoms with Crippen LogP contribution in [0.5, 0.6) is 0 Å². The number of carbonyl (C=O) groups excluding carboxylic acids is 1. The van der Waals surface area contributed by atoms with Crippen LogP contribution < -0.4 is 0 Å². The van der Waals surface area contributed by atoms with Gasteiger partial charge in [0.15, 0.2) is 0 Å². The van der Waals surface area contributed by atoms with Crippen molar-refractivity contribution in [3.63, 3.8) is 0 Å². The van der Waals surface area contributed by atoms with Gasteiger partial charge in [-0.3, -0.25) is 4.79 Å². The maximum atomic E-state index is 13.7. The molecule has 5 heteroatoms. The van der Waals surface area contributed by atoms with Crippen LogP contribution >= 0.6 is 0 Å². The highest BCUT2D eigenvalue weighted by Gasteiger charge is 2.23. The molecule has 0 N–H and O–H groups in total. The Morgan fingerprint density at radius 3 is 1.53 bits per heavy atom. The SMILES string of the molecule is O=C(CCC(=C(c1ccc(F)cc1)c1ccc(F)cc1)N1CCCCC1)N1CCCCC1. The number of nitrogens with zero attached hydrogens (tertiary/aromatic N) is 2. The summed E-state index contributed by atoms with van der Waals surface area (Å²) >= 11 is 0. The summed E-state index contributed by atoms with van der Waals surface area (Å²) in [5.74, 6) is -0.365. The zero-order chi connectivity index (χ0) is 22.3. The number of hydrogen-bond acceptors (Lipinski definition) is 2. The average Bonchev–Trinajstić information content (AvgIpc) is 2.84. The minimum absolute atomic E-state index is 0.205. The summed E-state index contributed by atoms with van der Waals surface area (Å²) in [4.78, 5) is 17.3. The molecule has 2 saturated heterocycles. The first-order chi connectivity index (χ1) is 15.6. The summed E-state index contributed by atoms with van der Waals surface area (Å²) in [5.41, 5.74) is 3.86. The molecule has 0 aromatic heterocycles. The number of benzene rings is 2. The number of amides is 1. The van der Waals surface area contributed by atoms with E-state index in [1.165, 1.54) is 37.1 Å². The highest BCUT2D eigenvalue weighted by atomic mass is 19.1. The van der Waals surface area contributed by atoms with Gasteiger partial charge in [0, 0.05) is 43.9 Å². The zero-order valence-corrected chi connectivity index (χ0v) is 18.7. The van der Waals surface area contributed by atoms with Crippen LogP contribution in [0, 0.1) is 11.6 Å². The molecule has 2 aromatic carbocycles. The van der Waals surface area contributed by atoms with E-state index in [1.807, 2.05) is 4.90 Å². The Kier molecular flexibility index (Phi) is 7.56. The topological polar surface area (TPSA) is 23.6 Å². The molecule has 2 fully saturated rings. The van der Waals surface area contributed by atoms with Crippen molar-refractivity contribution in [2.75, 3.05) is 26.2 Å². The Bertz CT molecular complexity index is 878. The molecular formula is C27H32F2N2O. The predicted molar refractivity (Wildman–Crippen MR) is 124 cm³/mol. The third-order valence-corrected chi connectivity index (χ3v) is 6.58. The van der Waals surface area contributed by atoms with Crippen molar-refractivity contribution < 1.29 is 13.6 Å². The maximum Gasteiger partial charge on any atom is 0.222 e. The normalized spacial score (nSPS) is 16.7. The van der Waals surface area contributed by atoms with E-state index in [0.29, 0.717) is 12.8 Å². The van der Waals surface area contributed by atoms with Gasteiger partial charge in [-0.1, -0.05) is 24.3 Å². The van der Waals surface area contributed by atoms with Gasteiger partial charge >= 0.3 is 0 Å². The fraction of sp³-hybridized carbons (Fsp3) is 0.444. The lowest BCUT2D eigenvalue weighted by Crippen LogP contribution is -2.36. The number of piperidine rings is 2. The second kappa shape index (κ2) is 10.8. The van der Waals surface area contributed by atoms with Crippen molar-refractivity contribution in [2.45, 2.75) is 51.4 Å². The van der Waals surface area contributed by atoms with Crippen molar-refractivity contribution in [1.82, 2.24) is 9.80 Å². The molecule has 0 bridgehead atoms. The summed E-state index contributed by atoms with van der Waals surface area (Å²) in [7, 11) is 0. The van der Waals surface area contributed by atoms with Crippen LogP contribution in [0.3, 0.4) is 0 Å². The fourth-order valence-corrected chi connectivity index (χ4v) is 4.86. The summed E-state index contributed by atoms with van der Waals surface area (Å²) < 4.78 is 27.4. The van der Waals surface area contributed by atoms with E-state index in [9.17, 15) is 13.6 Å². The van der Waals surface area contributed by atoms with Crippen LogP contribution in [-0.2, 0) is 4.79 Å². The Labute approximate surface area is 189 Å². The van der Waals surface area contributed by atoms with E-state index in [2.05, 4.69) is 4.90 Å². The molecule has 0 radical (unpaired) electrons. The van der Waals surface area contributed by atoms with E-state index < -0.39 is 0 Å². The predicted octanol–water partition coefficient (Wildman–Crippen LogP) is 6.00. The number of hydrogen-bond donors (Lipinski definition) is 0. The van der Waals surface area contributed by atoms with Gasteiger partial charge in [0.25, 0.3) is 0 Å². The lowest BCUT2D eigenvalue weighted by atomic mass is 9.92. The van der Waals surface area contributed by atoms with Crippen LogP contribution in [0.25, 0.3) is 5.57 Å². The maximum absolute atomic E-state index is 13.7. The Morgan fingerprint density at radius 1 is 0.625 bits per heavy atom. The molecule has 0 saturated carbocycles. The monoisotopic (exact) mass is 438 g/mol. The highest BCUT2D eigenvalue weighted by Crippen LogP contribution is 2.33. The fourth-order valence-electron chi connectivity index (χ4n) is 4.86. The number of halogens is 2.